The second kappa shape index (κ2) is 5.08. The number of fused-ring (bicyclic) bond motifs is 1. The summed E-state index contributed by atoms with van der Waals surface area (Å²) >= 11 is 0. The van der Waals surface area contributed by atoms with E-state index >= 15 is 0 Å². The van der Waals surface area contributed by atoms with Crippen molar-refractivity contribution >= 4 is 11.5 Å². The second-order valence-corrected chi connectivity index (χ2v) is 4.86. The van der Waals surface area contributed by atoms with Crippen LogP contribution in [0.3, 0.4) is 0 Å². The summed E-state index contributed by atoms with van der Waals surface area (Å²) in [5.74, 6) is 0.214. The van der Waals surface area contributed by atoms with Crippen LogP contribution in [-0.2, 0) is 11.2 Å². The van der Waals surface area contributed by atoms with Crippen LogP contribution in [-0.4, -0.2) is 50.1 Å². The van der Waals surface area contributed by atoms with Gasteiger partial charge in [-0.15, -0.1) is 0 Å². The molecule has 18 heavy (non-hydrogen) atoms. The molecule has 1 N–H and O–H groups in total. The maximum atomic E-state index is 12.2. The summed E-state index contributed by atoms with van der Waals surface area (Å²) in [5, 5.41) is 3.31. The lowest BCUT2D eigenvalue weighted by atomic mass is 10.0. The van der Waals surface area contributed by atoms with Gasteiger partial charge in [-0.3, -0.25) is 9.69 Å². The van der Waals surface area contributed by atoms with E-state index in [9.17, 15) is 4.79 Å². The van der Waals surface area contributed by atoms with Gasteiger partial charge in [0.05, 0.1) is 19.8 Å². The molecule has 3 rings (SSSR count). The average molecular weight is 246 g/mol. The maximum Gasteiger partial charge on any atom is 0.176 e. The van der Waals surface area contributed by atoms with Crippen molar-refractivity contribution in [1.82, 2.24) is 4.90 Å². The molecule has 1 fully saturated rings. The minimum absolute atomic E-state index is 0.214. The highest BCUT2D eigenvalue weighted by Gasteiger charge is 2.17. The zero-order valence-electron chi connectivity index (χ0n) is 10.4. The van der Waals surface area contributed by atoms with E-state index < -0.39 is 0 Å². The van der Waals surface area contributed by atoms with Crippen molar-refractivity contribution in [3.63, 3.8) is 0 Å². The number of nitrogens with one attached hydrogen (secondary N) is 1. The van der Waals surface area contributed by atoms with Gasteiger partial charge >= 0.3 is 0 Å². The number of morpholine rings is 1. The normalized spacial score (nSPS) is 19.3. The van der Waals surface area contributed by atoms with Gasteiger partial charge < -0.3 is 10.1 Å². The van der Waals surface area contributed by atoms with E-state index in [-0.39, 0.29) is 5.78 Å². The molecule has 96 valence electrons. The van der Waals surface area contributed by atoms with Crippen molar-refractivity contribution < 1.29 is 9.53 Å². The molecule has 0 saturated carbocycles. The summed E-state index contributed by atoms with van der Waals surface area (Å²) < 4.78 is 5.29. The van der Waals surface area contributed by atoms with Gasteiger partial charge in [-0.25, -0.2) is 0 Å². The van der Waals surface area contributed by atoms with E-state index in [0.29, 0.717) is 6.54 Å². The van der Waals surface area contributed by atoms with Crippen molar-refractivity contribution in [1.29, 1.82) is 0 Å². The fourth-order valence-corrected chi connectivity index (χ4v) is 2.53. The Morgan fingerprint density at radius 2 is 2.17 bits per heavy atom. The Hall–Kier alpha value is -1.39. The molecule has 0 atom stereocenters. The largest absolute Gasteiger partial charge is 0.384 e. The van der Waals surface area contributed by atoms with E-state index in [1.165, 1.54) is 11.3 Å². The first-order valence-corrected chi connectivity index (χ1v) is 6.53. The highest BCUT2D eigenvalue weighted by molar-refractivity contribution is 5.98. The summed E-state index contributed by atoms with van der Waals surface area (Å²) in [5.41, 5.74) is 3.28. The van der Waals surface area contributed by atoms with Crippen molar-refractivity contribution in [2.24, 2.45) is 0 Å². The molecule has 0 aliphatic carbocycles. The summed E-state index contributed by atoms with van der Waals surface area (Å²) in [6, 6.07) is 5.99. The Kier molecular flexibility index (Phi) is 3.30. The van der Waals surface area contributed by atoms with Crippen LogP contribution in [0.1, 0.15) is 15.9 Å². The molecule has 0 bridgehead atoms. The lowest BCUT2D eigenvalue weighted by molar-refractivity contribution is 0.0371. The van der Waals surface area contributed by atoms with Gasteiger partial charge in [-0.05, 0) is 30.2 Å². The molecule has 1 aromatic carbocycles. The molecule has 2 aliphatic heterocycles. The van der Waals surface area contributed by atoms with Gasteiger partial charge in [-0.2, -0.15) is 0 Å². The monoisotopic (exact) mass is 246 g/mol. The van der Waals surface area contributed by atoms with E-state index in [1.807, 2.05) is 18.2 Å². The predicted octanol–water partition coefficient (Wildman–Crippen LogP) is 1.17. The third-order valence-corrected chi connectivity index (χ3v) is 3.61. The van der Waals surface area contributed by atoms with Gasteiger partial charge in [0.2, 0.25) is 0 Å². The number of ether oxygens (including phenoxy) is 1. The highest BCUT2D eigenvalue weighted by Crippen LogP contribution is 2.23. The summed E-state index contributed by atoms with van der Waals surface area (Å²) in [6.45, 7) is 4.69. The van der Waals surface area contributed by atoms with Crippen molar-refractivity contribution in [2.75, 3.05) is 44.7 Å². The Balaban J connectivity index is 1.68. The lowest BCUT2D eigenvalue weighted by Crippen LogP contribution is -2.39. The number of hydrogen-bond donors (Lipinski definition) is 1. The molecule has 0 aromatic heterocycles. The Bertz CT molecular complexity index is 453. The van der Waals surface area contributed by atoms with Crippen LogP contribution in [0, 0.1) is 0 Å². The molecular weight excluding hydrogens is 228 g/mol. The van der Waals surface area contributed by atoms with Gasteiger partial charge in [0.25, 0.3) is 0 Å². The number of ketones is 1. The van der Waals surface area contributed by atoms with Crippen molar-refractivity contribution in [3.8, 4) is 0 Å². The van der Waals surface area contributed by atoms with Gasteiger partial charge in [0.15, 0.2) is 5.78 Å². The first kappa shape index (κ1) is 11.7. The number of anilines is 1. The van der Waals surface area contributed by atoms with Crippen LogP contribution in [0.2, 0.25) is 0 Å². The molecule has 0 spiro atoms. The minimum atomic E-state index is 0.214. The summed E-state index contributed by atoms with van der Waals surface area (Å²) in [7, 11) is 0. The smallest absolute Gasteiger partial charge is 0.176 e. The summed E-state index contributed by atoms with van der Waals surface area (Å²) in [4.78, 5) is 14.4. The van der Waals surface area contributed by atoms with Crippen molar-refractivity contribution in [3.05, 3.63) is 29.3 Å². The van der Waals surface area contributed by atoms with Gasteiger partial charge in [-0.1, -0.05) is 0 Å². The number of Topliss-reactive ketones (excluding diaryl/α,β-unsaturated/α-hetero) is 1. The van der Waals surface area contributed by atoms with Crippen LogP contribution in [0.15, 0.2) is 18.2 Å². The van der Waals surface area contributed by atoms with E-state index in [0.717, 1.165) is 44.8 Å². The lowest BCUT2D eigenvalue weighted by Gasteiger charge is -2.25. The zero-order valence-corrected chi connectivity index (χ0v) is 10.4. The number of nitrogens with zero attached hydrogens (tertiary/aromatic N) is 1. The van der Waals surface area contributed by atoms with E-state index in [2.05, 4.69) is 10.2 Å². The number of carbonyl (C=O) groups excluding carboxylic acids is 1. The highest BCUT2D eigenvalue weighted by atomic mass is 16.5. The maximum absolute atomic E-state index is 12.2. The first-order chi connectivity index (χ1) is 8.83. The Morgan fingerprint density at radius 3 is 3.00 bits per heavy atom. The average Bonchev–Trinajstić information content (AvgIpc) is 2.87. The SMILES string of the molecule is O=C(CN1CCOCC1)c1ccc2c(c1)CCN2. The number of carbonyl (C=O) groups is 1. The van der Waals surface area contributed by atoms with Crippen molar-refractivity contribution in [2.45, 2.75) is 6.42 Å². The van der Waals surface area contributed by atoms with Crippen LogP contribution in [0.4, 0.5) is 5.69 Å². The second-order valence-electron chi connectivity index (χ2n) is 4.86. The molecule has 2 aliphatic rings. The fraction of sp³-hybridized carbons (Fsp3) is 0.500. The van der Waals surface area contributed by atoms with Crippen LogP contribution in [0.25, 0.3) is 0 Å². The zero-order chi connectivity index (χ0) is 12.4. The number of benzene rings is 1. The molecule has 1 saturated heterocycles. The fourth-order valence-electron chi connectivity index (χ4n) is 2.53. The molecule has 4 heteroatoms. The molecule has 1 aromatic rings. The summed E-state index contributed by atoms with van der Waals surface area (Å²) in [6.07, 6.45) is 1.02. The standard InChI is InChI=1S/C14H18N2O2/c17-14(10-16-5-7-18-8-6-16)12-1-2-13-11(9-12)3-4-15-13/h1-2,9,15H,3-8,10H2. The Morgan fingerprint density at radius 1 is 1.33 bits per heavy atom. The third-order valence-electron chi connectivity index (χ3n) is 3.61. The topological polar surface area (TPSA) is 41.6 Å². The van der Waals surface area contributed by atoms with Crippen LogP contribution >= 0.6 is 0 Å². The molecular formula is C14H18N2O2. The van der Waals surface area contributed by atoms with E-state index in [4.69, 9.17) is 4.74 Å². The van der Waals surface area contributed by atoms with Gasteiger partial charge in [0.1, 0.15) is 0 Å². The molecule has 0 unspecified atom stereocenters. The van der Waals surface area contributed by atoms with Crippen LogP contribution < -0.4 is 5.32 Å². The number of rotatable bonds is 3. The molecule has 0 radical (unpaired) electrons. The quantitative estimate of drug-likeness (QED) is 0.813. The molecule has 0 amide bonds. The van der Waals surface area contributed by atoms with Crippen LogP contribution in [0.5, 0.6) is 0 Å². The molecule has 4 nitrogen and oxygen atoms in total. The third kappa shape index (κ3) is 2.40. The minimum Gasteiger partial charge on any atom is -0.384 e. The van der Waals surface area contributed by atoms with Gasteiger partial charge in [0, 0.05) is 30.9 Å². The first-order valence-electron chi connectivity index (χ1n) is 6.53. The molecule has 2 heterocycles. The predicted molar refractivity (Wildman–Crippen MR) is 70.2 cm³/mol. The number of hydrogen-bond acceptors (Lipinski definition) is 4. The van der Waals surface area contributed by atoms with E-state index in [1.54, 1.807) is 0 Å². The Labute approximate surface area is 107 Å².